The maximum absolute atomic E-state index is 11.6. The Morgan fingerprint density at radius 3 is 2.80 bits per heavy atom. The van der Waals surface area contributed by atoms with Gasteiger partial charge in [0.1, 0.15) is 5.69 Å². The van der Waals surface area contributed by atoms with E-state index in [2.05, 4.69) is 20.9 Å². The molecular formula is C14H9BrN2O3. The highest BCUT2D eigenvalue weighted by atomic mass is 79.9. The molecule has 1 aromatic heterocycles. The van der Waals surface area contributed by atoms with Gasteiger partial charge in [-0.3, -0.25) is 14.9 Å². The summed E-state index contributed by atoms with van der Waals surface area (Å²) in [6, 6.07) is 6.70. The van der Waals surface area contributed by atoms with Crippen molar-refractivity contribution in [2.24, 2.45) is 0 Å². The van der Waals surface area contributed by atoms with E-state index in [0.717, 1.165) is 5.56 Å². The summed E-state index contributed by atoms with van der Waals surface area (Å²) in [6.45, 7) is 0. The molecule has 6 heteroatoms. The van der Waals surface area contributed by atoms with Crippen LogP contribution in [0.25, 0.3) is 11.3 Å². The van der Waals surface area contributed by atoms with Crippen molar-refractivity contribution in [2.75, 3.05) is 0 Å². The Morgan fingerprint density at radius 1 is 1.25 bits per heavy atom. The molecule has 0 spiro atoms. The van der Waals surface area contributed by atoms with Crippen LogP contribution in [0, 0.1) is 10.1 Å². The minimum absolute atomic E-state index is 0.0522. The van der Waals surface area contributed by atoms with Crippen LogP contribution < -0.4 is 0 Å². The number of aryl methyl sites for hydroxylation is 1. The molecule has 2 aromatic rings. The molecule has 0 aliphatic heterocycles. The number of carbonyl (C=O) groups is 1. The molecule has 3 rings (SSSR count). The second-order valence-corrected chi connectivity index (χ2v) is 5.49. The Hall–Kier alpha value is -2.08. The van der Waals surface area contributed by atoms with E-state index >= 15 is 0 Å². The number of pyridine rings is 1. The second-order valence-electron chi connectivity index (χ2n) is 4.57. The lowest BCUT2D eigenvalue weighted by Crippen LogP contribution is -1.96. The van der Waals surface area contributed by atoms with E-state index < -0.39 is 4.92 Å². The van der Waals surface area contributed by atoms with Crippen LogP contribution >= 0.6 is 15.9 Å². The fourth-order valence-electron chi connectivity index (χ4n) is 2.39. The molecule has 1 aliphatic rings. The van der Waals surface area contributed by atoms with E-state index in [1.807, 2.05) is 6.07 Å². The fourth-order valence-corrected chi connectivity index (χ4v) is 2.71. The van der Waals surface area contributed by atoms with Gasteiger partial charge >= 0.3 is 0 Å². The first-order valence-corrected chi connectivity index (χ1v) is 6.82. The maximum Gasteiger partial charge on any atom is 0.296 e. The third kappa shape index (κ3) is 2.12. The van der Waals surface area contributed by atoms with Crippen molar-refractivity contribution in [3.63, 3.8) is 0 Å². The van der Waals surface area contributed by atoms with Gasteiger partial charge in [0.25, 0.3) is 5.69 Å². The number of carbonyl (C=O) groups excluding carboxylic acids is 1. The molecule has 0 amide bonds. The SMILES string of the molecule is O=C1CCc2cc(-c3ncc(Br)cc3[N+](=O)[O-])ccc21. The Balaban J connectivity index is 2.15. The van der Waals surface area contributed by atoms with E-state index in [4.69, 9.17) is 0 Å². The smallest absolute Gasteiger partial charge is 0.294 e. The molecule has 1 aliphatic carbocycles. The van der Waals surface area contributed by atoms with Crippen molar-refractivity contribution in [3.05, 3.63) is 56.2 Å². The summed E-state index contributed by atoms with van der Waals surface area (Å²) in [7, 11) is 0. The van der Waals surface area contributed by atoms with Gasteiger partial charge in [0.2, 0.25) is 0 Å². The van der Waals surface area contributed by atoms with Crippen LogP contribution in [0.5, 0.6) is 0 Å². The molecule has 0 N–H and O–H groups in total. The molecule has 1 heterocycles. The van der Waals surface area contributed by atoms with Crippen LogP contribution in [0.1, 0.15) is 22.3 Å². The van der Waals surface area contributed by atoms with Gasteiger partial charge in [-0.15, -0.1) is 0 Å². The van der Waals surface area contributed by atoms with Crippen molar-refractivity contribution in [2.45, 2.75) is 12.8 Å². The van der Waals surface area contributed by atoms with Crippen molar-refractivity contribution in [1.82, 2.24) is 4.98 Å². The number of benzene rings is 1. The summed E-state index contributed by atoms with van der Waals surface area (Å²) in [5, 5.41) is 11.1. The standard InChI is InChI=1S/C14H9BrN2O3/c15-10-6-12(17(19)20)14(16-7-10)9-1-3-11-8(5-9)2-4-13(11)18/h1,3,5-7H,2,4H2. The lowest BCUT2D eigenvalue weighted by molar-refractivity contribution is -0.384. The summed E-state index contributed by atoms with van der Waals surface area (Å²) < 4.78 is 0.560. The molecule has 100 valence electrons. The number of hydrogen-bond donors (Lipinski definition) is 0. The van der Waals surface area contributed by atoms with Gasteiger partial charge < -0.3 is 0 Å². The quantitative estimate of drug-likeness (QED) is 0.622. The summed E-state index contributed by atoms with van der Waals surface area (Å²) in [4.78, 5) is 26.4. The summed E-state index contributed by atoms with van der Waals surface area (Å²) in [5.41, 5.74) is 2.58. The third-order valence-corrected chi connectivity index (χ3v) is 3.77. The molecule has 5 nitrogen and oxygen atoms in total. The van der Waals surface area contributed by atoms with Crippen LogP contribution in [-0.2, 0) is 6.42 Å². The number of halogens is 1. The predicted octanol–water partition coefficient (Wildman–Crippen LogP) is 3.55. The van der Waals surface area contributed by atoms with E-state index in [9.17, 15) is 14.9 Å². The highest BCUT2D eigenvalue weighted by Crippen LogP contribution is 2.33. The van der Waals surface area contributed by atoms with Gasteiger partial charge in [-0.2, -0.15) is 0 Å². The van der Waals surface area contributed by atoms with Gasteiger partial charge in [-0.1, -0.05) is 12.1 Å². The number of Topliss-reactive ketones (excluding diaryl/α,β-unsaturated/α-hetero) is 1. The van der Waals surface area contributed by atoms with Gasteiger partial charge in [-0.25, -0.2) is 4.98 Å². The van der Waals surface area contributed by atoms with E-state index in [1.54, 1.807) is 12.1 Å². The molecule has 1 aromatic carbocycles. The molecule has 0 radical (unpaired) electrons. The Labute approximate surface area is 122 Å². The zero-order valence-electron chi connectivity index (χ0n) is 10.3. The van der Waals surface area contributed by atoms with Crippen LogP contribution in [-0.4, -0.2) is 15.7 Å². The summed E-state index contributed by atoms with van der Waals surface area (Å²) >= 11 is 3.18. The number of nitrogens with zero attached hydrogens (tertiary/aromatic N) is 2. The number of ketones is 1. The predicted molar refractivity (Wildman–Crippen MR) is 76.7 cm³/mol. The van der Waals surface area contributed by atoms with E-state index in [1.165, 1.54) is 12.3 Å². The van der Waals surface area contributed by atoms with Crippen LogP contribution in [0.4, 0.5) is 5.69 Å². The minimum atomic E-state index is -0.453. The molecule has 0 bridgehead atoms. The maximum atomic E-state index is 11.6. The topological polar surface area (TPSA) is 73.1 Å². The van der Waals surface area contributed by atoms with Crippen molar-refractivity contribution >= 4 is 27.4 Å². The van der Waals surface area contributed by atoms with Crippen molar-refractivity contribution in [3.8, 4) is 11.3 Å². The molecule has 0 saturated heterocycles. The molecule has 0 atom stereocenters. The third-order valence-electron chi connectivity index (χ3n) is 3.33. The van der Waals surface area contributed by atoms with Gasteiger partial charge in [0.05, 0.1) is 4.92 Å². The van der Waals surface area contributed by atoms with E-state index in [0.29, 0.717) is 34.1 Å². The summed E-state index contributed by atoms with van der Waals surface area (Å²) in [6.07, 6.45) is 2.72. The average molecular weight is 333 g/mol. The molecule has 20 heavy (non-hydrogen) atoms. The highest BCUT2D eigenvalue weighted by Gasteiger charge is 2.22. The number of nitro groups is 1. The number of rotatable bonds is 2. The van der Waals surface area contributed by atoms with Crippen LogP contribution in [0.2, 0.25) is 0 Å². The van der Waals surface area contributed by atoms with Crippen LogP contribution in [0.15, 0.2) is 34.9 Å². The monoisotopic (exact) mass is 332 g/mol. The fraction of sp³-hybridized carbons (Fsp3) is 0.143. The first-order chi connectivity index (χ1) is 9.56. The first-order valence-electron chi connectivity index (χ1n) is 6.02. The molecular weight excluding hydrogens is 324 g/mol. The van der Waals surface area contributed by atoms with Crippen LogP contribution in [0.3, 0.4) is 0 Å². The van der Waals surface area contributed by atoms with E-state index in [-0.39, 0.29) is 11.5 Å². The molecule has 0 fully saturated rings. The van der Waals surface area contributed by atoms with Crippen molar-refractivity contribution in [1.29, 1.82) is 0 Å². The van der Waals surface area contributed by atoms with Gasteiger partial charge in [0, 0.05) is 34.3 Å². The number of hydrogen-bond acceptors (Lipinski definition) is 4. The Kier molecular flexibility index (Phi) is 3.10. The minimum Gasteiger partial charge on any atom is -0.294 e. The largest absolute Gasteiger partial charge is 0.296 e. The Bertz CT molecular complexity index is 743. The molecule has 0 unspecified atom stereocenters. The molecule has 0 saturated carbocycles. The van der Waals surface area contributed by atoms with Crippen molar-refractivity contribution < 1.29 is 9.72 Å². The van der Waals surface area contributed by atoms with Gasteiger partial charge in [-0.05, 0) is 34.0 Å². The zero-order valence-corrected chi connectivity index (χ0v) is 11.9. The lowest BCUT2D eigenvalue weighted by Gasteiger charge is -2.05. The first kappa shape index (κ1) is 12.9. The zero-order chi connectivity index (χ0) is 14.3. The lowest BCUT2D eigenvalue weighted by atomic mass is 10.0. The van der Waals surface area contributed by atoms with Gasteiger partial charge in [0.15, 0.2) is 5.78 Å². The number of fused-ring (bicyclic) bond motifs is 1. The summed E-state index contributed by atoms with van der Waals surface area (Å²) in [5.74, 6) is 0.129. The number of aromatic nitrogens is 1. The average Bonchev–Trinajstić information content (AvgIpc) is 2.80. The normalized spacial score (nSPS) is 13.3. The highest BCUT2D eigenvalue weighted by molar-refractivity contribution is 9.10. The Morgan fingerprint density at radius 2 is 2.05 bits per heavy atom. The second kappa shape index (κ2) is 4.79.